The fraction of sp³-hybridized carbons (Fsp3) is 0.529. The van der Waals surface area contributed by atoms with Crippen molar-refractivity contribution in [3.63, 3.8) is 0 Å². The van der Waals surface area contributed by atoms with Crippen molar-refractivity contribution in [3.8, 4) is 0 Å². The zero-order valence-electron chi connectivity index (χ0n) is 13.5. The molecule has 23 heavy (non-hydrogen) atoms. The Kier molecular flexibility index (Phi) is 8.06. The number of nitrogens with zero attached hydrogens (tertiary/aromatic N) is 1. The van der Waals surface area contributed by atoms with Gasteiger partial charge in [-0.2, -0.15) is 0 Å². The molecule has 1 saturated heterocycles. The number of hydrogen-bond donors (Lipinski definition) is 2. The van der Waals surface area contributed by atoms with Gasteiger partial charge in [0.2, 0.25) is 11.8 Å². The van der Waals surface area contributed by atoms with Gasteiger partial charge in [-0.05, 0) is 24.8 Å². The molecule has 1 fully saturated rings. The predicted octanol–water partition coefficient (Wildman–Crippen LogP) is 2.02. The number of nitrogens with one attached hydrogen (secondary N) is 1. The van der Waals surface area contributed by atoms with E-state index in [2.05, 4.69) is 5.32 Å². The minimum absolute atomic E-state index is 0. The molecule has 1 aromatic rings. The molecule has 1 heterocycles. The highest BCUT2D eigenvalue weighted by Crippen LogP contribution is 2.18. The topological polar surface area (TPSA) is 75.4 Å². The van der Waals surface area contributed by atoms with E-state index in [1.165, 1.54) is 0 Å². The summed E-state index contributed by atoms with van der Waals surface area (Å²) in [7, 11) is 0. The molecular formula is C17H26ClN3O2. The second kappa shape index (κ2) is 9.53. The maximum absolute atomic E-state index is 12.4. The first-order valence-corrected chi connectivity index (χ1v) is 8.01. The van der Waals surface area contributed by atoms with Crippen LogP contribution in [0.1, 0.15) is 44.2 Å². The second-order valence-electron chi connectivity index (χ2n) is 5.71. The zero-order chi connectivity index (χ0) is 15.9. The van der Waals surface area contributed by atoms with Crippen molar-refractivity contribution in [1.82, 2.24) is 10.2 Å². The van der Waals surface area contributed by atoms with E-state index in [1.807, 2.05) is 37.3 Å². The smallest absolute Gasteiger partial charge is 0.242 e. The van der Waals surface area contributed by atoms with Crippen molar-refractivity contribution in [2.45, 2.75) is 44.7 Å². The van der Waals surface area contributed by atoms with Gasteiger partial charge in [-0.15, -0.1) is 12.4 Å². The summed E-state index contributed by atoms with van der Waals surface area (Å²) in [6.45, 7) is 2.89. The van der Waals surface area contributed by atoms with Gasteiger partial charge in [0.05, 0.1) is 0 Å². The fourth-order valence-corrected chi connectivity index (χ4v) is 2.85. The molecular weight excluding hydrogens is 314 g/mol. The first-order chi connectivity index (χ1) is 10.6. The number of benzene rings is 1. The highest BCUT2D eigenvalue weighted by molar-refractivity contribution is 5.87. The third-order valence-electron chi connectivity index (χ3n) is 4.15. The van der Waals surface area contributed by atoms with Crippen LogP contribution < -0.4 is 11.1 Å². The lowest BCUT2D eigenvalue weighted by atomic mass is 10.0. The van der Waals surface area contributed by atoms with Crippen LogP contribution in [-0.4, -0.2) is 35.8 Å². The summed E-state index contributed by atoms with van der Waals surface area (Å²) < 4.78 is 0. The van der Waals surface area contributed by atoms with E-state index in [0.717, 1.165) is 24.8 Å². The molecule has 3 N–H and O–H groups in total. The molecule has 0 radical (unpaired) electrons. The van der Waals surface area contributed by atoms with E-state index >= 15 is 0 Å². The molecule has 5 nitrogen and oxygen atoms in total. The Morgan fingerprint density at radius 3 is 2.65 bits per heavy atom. The van der Waals surface area contributed by atoms with Gasteiger partial charge in [0.15, 0.2) is 0 Å². The summed E-state index contributed by atoms with van der Waals surface area (Å²) in [5, 5.41) is 2.90. The monoisotopic (exact) mass is 339 g/mol. The predicted molar refractivity (Wildman–Crippen MR) is 93.3 cm³/mol. The normalized spacial score (nSPS) is 18.7. The summed E-state index contributed by atoms with van der Waals surface area (Å²) in [5.74, 6) is -0.0416. The lowest BCUT2D eigenvalue weighted by Gasteiger charge is -2.34. The summed E-state index contributed by atoms with van der Waals surface area (Å²) in [4.78, 5) is 26.1. The Morgan fingerprint density at radius 1 is 1.30 bits per heavy atom. The van der Waals surface area contributed by atoms with Crippen molar-refractivity contribution < 1.29 is 9.59 Å². The molecule has 1 aliphatic rings. The number of likely N-dealkylation sites (tertiary alicyclic amines) is 1. The number of carbonyl (C=O) groups is 2. The van der Waals surface area contributed by atoms with Gasteiger partial charge in [0.25, 0.3) is 0 Å². The van der Waals surface area contributed by atoms with E-state index < -0.39 is 0 Å². The maximum atomic E-state index is 12.4. The number of hydrogen-bond acceptors (Lipinski definition) is 3. The first-order valence-electron chi connectivity index (χ1n) is 8.01. The van der Waals surface area contributed by atoms with E-state index in [4.69, 9.17) is 5.73 Å². The van der Waals surface area contributed by atoms with Crippen molar-refractivity contribution >= 4 is 24.2 Å². The first kappa shape index (κ1) is 19.5. The van der Waals surface area contributed by atoms with Crippen LogP contribution in [-0.2, 0) is 9.59 Å². The molecule has 0 saturated carbocycles. The second-order valence-corrected chi connectivity index (χ2v) is 5.71. The third kappa shape index (κ3) is 5.22. The molecule has 1 aliphatic heterocycles. The summed E-state index contributed by atoms with van der Waals surface area (Å²) in [6, 6.07) is 9.12. The molecule has 6 heteroatoms. The van der Waals surface area contributed by atoms with Crippen molar-refractivity contribution in [2.75, 3.05) is 13.1 Å². The largest absolute Gasteiger partial charge is 0.352 e. The Morgan fingerprint density at radius 2 is 2.00 bits per heavy atom. The van der Waals surface area contributed by atoms with Crippen molar-refractivity contribution in [1.29, 1.82) is 0 Å². The number of nitrogens with two attached hydrogens (primary N) is 1. The number of piperidine rings is 1. The summed E-state index contributed by atoms with van der Waals surface area (Å²) in [6.07, 6.45) is 3.13. The highest BCUT2D eigenvalue weighted by atomic mass is 35.5. The van der Waals surface area contributed by atoms with Crippen LogP contribution in [0, 0.1) is 0 Å². The maximum Gasteiger partial charge on any atom is 0.242 e. The standard InChI is InChI=1S/C17H25N3O2.ClH/c1-2-16(21)20-11-7-6-10-15(20)17(22)19-12-14(18)13-8-4-3-5-9-13;/h3-5,8-9,14-15H,2,6-7,10-12,18H2,1H3,(H,19,22);1H. The van der Waals surface area contributed by atoms with Crippen LogP contribution >= 0.6 is 12.4 Å². The Balaban J connectivity index is 0.00000264. The van der Waals surface area contributed by atoms with E-state index in [1.54, 1.807) is 4.90 Å². The fourth-order valence-electron chi connectivity index (χ4n) is 2.85. The average Bonchev–Trinajstić information content (AvgIpc) is 2.59. The molecule has 0 bridgehead atoms. The Bertz CT molecular complexity index is 510. The van der Waals surface area contributed by atoms with Crippen LogP contribution in [0.5, 0.6) is 0 Å². The van der Waals surface area contributed by atoms with Crippen LogP contribution in [0.2, 0.25) is 0 Å². The average molecular weight is 340 g/mol. The van der Waals surface area contributed by atoms with Gasteiger partial charge in [-0.1, -0.05) is 37.3 Å². The van der Waals surface area contributed by atoms with Crippen LogP contribution in [0.15, 0.2) is 30.3 Å². The van der Waals surface area contributed by atoms with E-state index in [9.17, 15) is 9.59 Å². The molecule has 2 rings (SSSR count). The van der Waals surface area contributed by atoms with E-state index in [0.29, 0.717) is 19.5 Å². The molecule has 2 amide bonds. The van der Waals surface area contributed by atoms with Crippen LogP contribution in [0.3, 0.4) is 0 Å². The third-order valence-corrected chi connectivity index (χ3v) is 4.15. The number of carbonyl (C=O) groups excluding carboxylic acids is 2. The minimum Gasteiger partial charge on any atom is -0.352 e. The molecule has 2 unspecified atom stereocenters. The number of halogens is 1. The lowest BCUT2D eigenvalue weighted by molar-refractivity contribution is -0.142. The van der Waals surface area contributed by atoms with Gasteiger partial charge in [-0.25, -0.2) is 0 Å². The Hall–Kier alpha value is -1.59. The summed E-state index contributed by atoms with van der Waals surface area (Å²) >= 11 is 0. The molecule has 0 aliphatic carbocycles. The number of amides is 2. The highest BCUT2D eigenvalue weighted by Gasteiger charge is 2.31. The van der Waals surface area contributed by atoms with E-state index in [-0.39, 0.29) is 36.3 Å². The van der Waals surface area contributed by atoms with Crippen molar-refractivity contribution in [3.05, 3.63) is 35.9 Å². The van der Waals surface area contributed by atoms with Crippen LogP contribution in [0.25, 0.3) is 0 Å². The van der Waals surface area contributed by atoms with Crippen LogP contribution in [0.4, 0.5) is 0 Å². The summed E-state index contributed by atoms with van der Waals surface area (Å²) in [5.41, 5.74) is 7.09. The lowest BCUT2D eigenvalue weighted by Crippen LogP contribution is -2.52. The quantitative estimate of drug-likeness (QED) is 0.861. The molecule has 128 valence electrons. The van der Waals surface area contributed by atoms with Gasteiger partial charge >= 0.3 is 0 Å². The molecule has 2 atom stereocenters. The van der Waals surface area contributed by atoms with Crippen molar-refractivity contribution in [2.24, 2.45) is 5.73 Å². The molecule has 1 aromatic carbocycles. The Labute approximate surface area is 144 Å². The minimum atomic E-state index is -0.343. The molecule has 0 spiro atoms. The SMILES string of the molecule is CCC(=O)N1CCCCC1C(=O)NCC(N)c1ccccc1.Cl. The number of rotatable bonds is 5. The van der Waals surface area contributed by atoms with Gasteiger partial charge < -0.3 is 16.0 Å². The van der Waals surface area contributed by atoms with Gasteiger partial charge in [0.1, 0.15) is 6.04 Å². The van der Waals surface area contributed by atoms with Gasteiger partial charge in [-0.3, -0.25) is 9.59 Å². The zero-order valence-corrected chi connectivity index (χ0v) is 14.3. The van der Waals surface area contributed by atoms with Gasteiger partial charge in [0, 0.05) is 25.6 Å². The molecule has 0 aromatic heterocycles.